The Labute approximate surface area is 196 Å². The summed E-state index contributed by atoms with van der Waals surface area (Å²) in [5.41, 5.74) is 2.48. The highest BCUT2D eigenvalue weighted by atomic mass is 35.5. The number of hydrogen-bond acceptors (Lipinski definition) is 7. The van der Waals surface area contributed by atoms with Gasteiger partial charge < -0.3 is 5.32 Å². The lowest BCUT2D eigenvalue weighted by molar-refractivity contribution is -0.0258. The number of amides is 1. The van der Waals surface area contributed by atoms with Gasteiger partial charge in [0.25, 0.3) is 15.9 Å². The molecule has 1 amide bonds. The highest BCUT2D eigenvalue weighted by Gasteiger charge is 2.25. The Balaban J connectivity index is 1.75. The number of nitrogens with zero attached hydrogens (tertiary/aromatic N) is 3. The highest BCUT2D eigenvalue weighted by molar-refractivity contribution is 7.99. The monoisotopic (exact) mass is 492 g/mol. The molecule has 0 fully saturated rings. The molecule has 3 aromatic rings. The Bertz CT molecular complexity index is 1230. The van der Waals surface area contributed by atoms with Crippen LogP contribution < -0.4 is 5.32 Å². The van der Waals surface area contributed by atoms with Gasteiger partial charge in [-0.2, -0.15) is 0 Å². The molecule has 0 spiro atoms. The quantitative estimate of drug-likeness (QED) is 0.387. The minimum Gasteiger partial charge on any atom is -0.322 e. The summed E-state index contributed by atoms with van der Waals surface area (Å²) in [6, 6.07) is 13.1. The van der Waals surface area contributed by atoms with Crippen LogP contribution in [0, 0.1) is 13.8 Å². The van der Waals surface area contributed by atoms with Crippen LogP contribution in [-0.2, 0) is 14.9 Å². The average molecular weight is 493 g/mol. The number of aryl methyl sites for hydroxylation is 2. The van der Waals surface area contributed by atoms with Crippen molar-refractivity contribution in [3.8, 4) is 0 Å². The van der Waals surface area contributed by atoms with Crippen molar-refractivity contribution in [2.75, 3.05) is 19.5 Å². The topological polar surface area (TPSA) is 101 Å². The molecule has 168 valence electrons. The summed E-state index contributed by atoms with van der Waals surface area (Å²) in [7, 11) is -1.55. The Morgan fingerprint density at radius 2 is 1.69 bits per heavy atom. The van der Waals surface area contributed by atoms with E-state index in [2.05, 4.69) is 15.3 Å². The predicted molar refractivity (Wildman–Crippen MR) is 123 cm³/mol. The molecule has 0 saturated carbocycles. The van der Waals surface area contributed by atoms with Crippen molar-refractivity contribution < 1.29 is 18.0 Å². The van der Waals surface area contributed by atoms with E-state index >= 15 is 0 Å². The van der Waals surface area contributed by atoms with Crippen LogP contribution >= 0.6 is 23.4 Å². The zero-order chi connectivity index (χ0) is 23.5. The van der Waals surface area contributed by atoms with E-state index in [0.29, 0.717) is 15.3 Å². The molecule has 0 bridgehead atoms. The van der Waals surface area contributed by atoms with Gasteiger partial charge in [-0.25, -0.2) is 18.4 Å². The first-order valence-corrected chi connectivity index (χ1v) is 12.0. The largest absolute Gasteiger partial charge is 0.322 e. The van der Waals surface area contributed by atoms with Gasteiger partial charge in [0.1, 0.15) is 4.90 Å². The van der Waals surface area contributed by atoms with Crippen LogP contribution in [0.2, 0.25) is 5.02 Å². The zero-order valence-corrected chi connectivity index (χ0v) is 20.2. The third-order valence-electron chi connectivity index (χ3n) is 4.35. The van der Waals surface area contributed by atoms with Crippen molar-refractivity contribution in [1.82, 2.24) is 14.4 Å². The minimum atomic E-state index is -4.01. The van der Waals surface area contributed by atoms with E-state index in [4.69, 9.17) is 16.4 Å². The van der Waals surface area contributed by atoms with Crippen LogP contribution in [0.25, 0.3) is 0 Å². The first-order valence-electron chi connectivity index (χ1n) is 9.34. The van der Waals surface area contributed by atoms with Crippen molar-refractivity contribution in [2.45, 2.75) is 28.8 Å². The molecule has 1 N–H and O–H groups in total. The normalized spacial score (nSPS) is 11.6. The number of halogens is 1. The molecule has 0 radical (unpaired) electrons. The van der Waals surface area contributed by atoms with Crippen LogP contribution in [0.1, 0.15) is 21.7 Å². The fourth-order valence-electron chi connectivity index (χ4n) is 2.73. The number of carbonyl (C=O) groups is 1. The number of carbonyl (C=O) groups excluding carboxylic acids is 1. The number of hydroxylamine groups is 1. The fourth-order valence-corrected chi connectivity index (χ4v) is 5.07. The molecule has 0 aliphatic rings. The average Bonchev–Trinajstić information content (AvgIpc) is 2.73. The Hall–Kier alpha value is -2.50. The molecule has 11 heteroatoms. The van der Waals surface area contributed by atoms with Crippen molar-refractivity contribution in [3.05, 3.63) is 70.5 Å². The number of aromatic nitrogens is 2. The standard InChI is InChI=1S/C21H21ClN4O4S2/c1-13-11-14(2)24-21(23-13)31-17-8-6-16(7-9-17)25-20(27)15-5-10-18(22)19(12-15)32(28,29)26(3)30-4/h5-12H,1-4H3,(H,25,27). The summed E-state index contributed by atoms with van der Waals surface area (Å²) in [6.45, 7) is 3.83. The van der Waals surface area contributed by atoms with Gasteiger partial charge in [0.15, 0.2) is 5.16 Å². The highest BCUT2D eigenvalue weighted by Crippen LogP contribution is 2.28. The summed E-state index contributed by atoms with van der Waals surface area (Å²) in [5.74, 6) is -0.476. The molecule has 2 aromatic carbocycles. The molecule has 0 saturated heterocycles. The molecule has 0 aliphatic heterocycles. The summed E-state index contributed by atoms with van der Waals surface area (Å²) in [5, 5.41) is 3.38. The number of rotatable bonds is 7. The van der Waals surface area contributed by atoms with Gasteiger partial charge in [-0.1, -0.05) is 16.1 Å². The number of benzene rings is 2. The maximum absolute atomic E-state index is 12.7. The smallest absolute Gasteiger partial charge is 0.266 e. The van der Waals surface area contributed by atoms with Crippen molar-refractivity contribution in [3.63, 3.8) is 0 Å². The van der Waals surface area contributed by atoms with E-state index in [1.807, 2.05) is 32.0 Å². The first kappa shape index (κ1) is 24.1. The van der Waals surface area contributed by atoms with Crippen LogP contribution in [0.5, 0.6) is 0 Å². The maximum atomic E-state index is 12.7. The van der Waals surface area contributed by atoms with Gasteiger partial charge in [0, 0.05) is 34.6 Å². The molecule has 3 rings (SSSR count). The van der Waals surface area contributed by atoms with Crippen LogP contribution in [0.4, 0.5) is 5.69 Å². The lowest BCUT2D eigenvalue weighted by Crippen LogP contribution is -2.26. The van der Waals surface area contributed by atoms with Gasteiger partial charge in [0.2, 0.25) is 0 Å². The molecule has 0 unspecified atom stereocenters. The number of sulfonamides is 1. The van der Waals surface area contributed by atoms with E-state index in [-0.39, 0.29) is 15.5 Å². The SMILES string of the molecule is CON(C)S(=O)(=O)c1cc(C(=O)Nc2ccc(Sc3nc(C)cc(C)n3)cc2)ccc1Cl. The molecular formula is C21H21ClN4O4S2. The maximum Gasteiger partial charge on any atom is 0.266 e. The van der Waals surface area contributed by atoms with E-state index in [9.17, 15) is 13.2 Å². The second-order valence-electron chi connectivity index (χ2n) is 6.76. The summed E-state index contributed by atoms with van der Waals surface area (Å²) in [4.78, 5) is 26.9. The molecular weight excluding hydrogens is 472 g/mol. The van der Waals surface area contributed by atoms with Gasteiger partial charge in [-0.3, -0.25) is 9.63 Å². The number of hydrogen-bond donors (Lipinski definition) is 1. The van der Waals surface area contributed by atoms with Crippen molar-refractivity contribution in [1.29, 1.82) is 0 Å². The summed E-state index contributed by atoms with van der Waals surface area (Å²) >= 11 is 7.46. The Morgan fingerprint density at radius 1 is 1.06 bits per heavy atom. The molecule has 1 heterocycles. The molecule has 1 aromatic heterocycles. The van der Waals surface area contributed by atoms with Crippen LogP contribution in [0.3, 0.4) is 0 Å². The Kier molecular flexibility index (Phi) is 7.52. The van der Waals surface area contributed by atoms with E-state index in [1.54, 1.807) is 12.1 Å². The van der Waals surface area contributed by atoms with Crippen molar-refractivity contribution >= 4 is 45.0 Å². The minimum absolute atomic E-state index is 0.0135. The van der Waals surface area contributed by atoms with Gasteiger partial charge >= 0.3 is 0 Å². The summed E-state index contributed by atoms with van der Waals surface area (Å²) < 4.78 is 25.7. The van der Waals surface area contributed by atoms with Crippen molar-refractivity contribution in [2.24, 2.45) is 0 Å². The predicted octanol–water partition coefficient (Wildman–Crippen LogP) is 4.33. The number of nitrogens with one attached hydrogen (secondary N) is 1. The Morgan fingerprint density at radius 3 is 2.28 bits per heavy atom. The lowest BCUT2D eigenvalue weighted by Gasteiger charge is -2.16. The second kappa shape index (κ2) is 9.97. The van der Waals surface area contributed by atoms with E-state index < -0.39 is 15.9 Å². The van der Waals surface area contributed by atoms with Crippen LogP contribution in [0.15, 0.2) is 63.5 Å². The number of anilines is 1. The van der Waals surface area contributed by atoms with Gasteiger partial charge in [-0.05, 0) is 74.1 Å². The third-order valence-corrected chi connectivity index (χ3v) is 7.38. The summed E-state index contributed by atoms with van der Waals surface area (Å²) in [6.07, 6.45) is 0. The zero-order valence-electron chi connectivity index (χ0n) is 17.8. The lowest BCUT2D eigenvalue weighted by atomic mass is 10.2. The molecule has 32 heavy (non-hydrogen) atoms. The third kappa shape index (κ3) is 5.64. The molecule has 0 atom stereocenters. The molecule has 0 aliphatic carbocycles. The second-order valence-corrected chi connectivity index (χ2v) is 10.1. The van der Waals surface area contributed by atoms with E-state index in [1.165, 1.54) is 44.1 Å². The molecule has 8 nitrogen and oxygen atoms in total. The first-order chi connectivity index (χ1) is 15.1. The van der Waals surface area contributed by atoms with Gasteiger partial charge in [-0.15, -0.1) is 0 Å². The van der Waals surface area contributed by atoms with Gasteiger partial charge in [0.05, 0.1) is 12.1 Å². The van der Waals surface area contributed by atoms with Crippen LogP contribution in [-0.4, -0.2) is 42.9 Å². The van der Waals surface area contributed by atoms with E-state index in [0.717, 1.165) is 16.3 Å². The fraction of sp³-hybridized carbons (Fsp3) is 0.190.